The number of benzene rings is 1. The Morgan fingerprint density at radius 2 is 2.00 bits per heavy atom. The van der Waals surface area contributed by atoms with Gasteiger partial charge in [-0.15, -0.1) is 0 Å². The first-order valence-corrected chi connectivity index (χ1v) is 7.96. The molecule has 1 aromatic rings. The second-order valence-electron chi connectivity index (χ2n) is 6.30. The molecule has 0 radical (unpaired) electrons. The van der Waals surface area contributed by atoms with E-state index in [4.69, 9.17) is 0 Å². The molecule has 20 heavy (non-hydrogen) atoms. The zero-order valence-electron chi connectivity index (χ0n) is 12.3. The van der Waals surface area contributed by atoms with Crippen molar-refractivity contribution in [2.45, 2.75) is 57.2 Å². The molecule has 0 heterocycles. The number of hydrogen-bond donors (Lipinski definition) is 1. The predicted molar refractivity (Wildman–Crippen MR) is 78.1 cm³/mol. The summed E-state index contributed by atoms with van der Waals surface area (Å²) in [6, 6.07) is 4.79. The van der Waals surface area contributed by atoms with Gasteiger partial charge in [-0.2, -0.15) is 0 Å². The number of hydrogen-bond acceptors (Lipinski definition) is 1. The highest BCUT2D eigenvalue weighted by molar-refractivity contribution is 7.84. The number of fused-ring (bicyclic) bond motifs is 1. The van der Waals surface area contributed by atoms with Crippen molar-refractivity contribution in [3.8, 4) is 0 Å². The van der Waals surface area contributed by atoms with Crippen LogP contribution in [0.25, 0.3) is 0 Å². The molecule has 0 aromatic heterocycles. The summed E-state index contributed by atoms with van der Waals surface area (Å²) in [7, 11) is -1.22. The predicted octanol–water partition coefficient (Wildman–Crippen LogP) is 3.84. The van der Waals surface area contributed by atoms with Crippen molar-refractivity contribution in [3.05, 3.63) is 34.9 Å². The molecular weight excluding hydrogens is 280 g/mol. The van der Waals surface area contributed by atoms with Crippen molar-refractivity contribution >= 4 is 11.0 Å². The summed E-state index contributed by atoms with van der Waals surface area (Å²) in [5.74, 6) is -2.73. The summed E-state index contributed by atoms with van der Waals surface area (Å²) >= 11 is 0. The highest BCUT2D eigenvalue weighted by atomic mass is 32.2. The van der Waals surface area contributed by atoms with Crippen LogP contribution in [-0.2, 0) is 23.3 Å². The number of halogens is 2. The lowest BCUT2D eigenvalue weighted by atomic mass is 9.98. The van der Waals surface area contributed by atoms with Crippen LogP contribution in [0.4, 0.5) is 8.78 Å². The van der Waals surface area contributed by atoms with E-state index in [1.807, 2.05) is 33.8 Å². The van der Waals surface area contributed by atoms with Gasteiger partial charge in [0.15, 0.2) is 0 Å². The molecule has 0 fully saturated rings. The number of nitrogens with one attached hydrogen (secondary N) is 1. The summed E-state index contributed by atoms with van der Waals surface area (Å²) in [5, 5.41) is 0. The van der Waals surface area contributed by atoms with E-state index in [0.717, 1.165) is 5.56 Å². The smallest absolute Gasteiger partial charge is 0.242 e. The topological polar surface area (TPSA) is 29.1 Å². The summed E-state index contributed by atoms with van der Waals surface area (Å²) in [6.45, 7) is 7.51. The second-order valence-corrected chi connectivity index (χ2v) is 8.30. The Bertz CT molecular complexity index is 537. The largest absolute Gasteiger partial charge is 0.273 e. The highest BCUT2D eigenvalue weighted by Crippen LogP contribution is 2.43. The summed E-state index contributed by atoms with van der Waals surface area (Å²) in [4.78, 5) is 0. The maximum absolute atomic E-state index is 13.8. The molecule has 0 saturated heterocycles. The van der Waals surface area contributed by atoms with Gasteiger partial charge >= 0.3 is 0 Å². The van der Waals surface area contributed by atoms with Crippen molar-refractivity contribution in [3.63, 3.8) is 0 Å². The van der Waals surface area contributed by atoms with Crippen LogP contribution >= 0.6 is 0 Å². The van der Waals surface area contributed by atoms with Gasteiger partial charge in [-0.3, -0.25) is 0 Å². The average molecular weight is 301 g/mol. The Morgan fingerprint density at radius 1 is 1.35 bits per heavy atom. The second kappa shape index (κ2) is 5.19. The monoisotopic (exact) mass is 301 g/mol. The lowest BCUT2D eigenvalue weighted by Gasteiger charge is -2.23. The highest BCUT2D eigenvalue weighted by Gasteiger charge is 2.40. The molecule has 112 valence electrons. The van der Waals surface area contributed by atoms with Crippen molar-refractivity contribution in [2.75, 3.05) is 0 Å². The fraction of sp³-hybridized carbons (Fsp3) is 0.600. The molecule has 0 spiro atoms. The zero-order valence-corrected chi connectivity index (χ0v) is 13.1. The van der Waals surface area contributed by atoms with Gasteiger partial charge in [0, 0.05) is 18.0 Å². The Hall–Kier alpha value is -0.810. The fourth-order valence-corrected chi connectivity index (χ4v) is 3.25. The van der Waals surface area contributed by atoms with Crippen LogP contribution in [0.5, 0.6) is 0 Å². The molecule has 1 unspecified atom stereocenters. The normalized spacial score (nSPS) is 20.5. The standard InChI is InChI=1S/C15H21F2NOS/c1-10(18-20(19)14(2,3)4)11-6-5-7-13-12(11)8-9-15(13,16)17/h5-7,10,18H,8-9H2,1-4H3/t10-,20?/m1/s1. The van der Waals surface area contributed by atoms with Crippen molar-refractivity contribution < 1.29 is 13.0 Å². The van der Waals surface area contributed by atoms with E-state index in [1.165, 1.54) is 6.07 Å². The summed E-state index contributed by atoms with van der Waals surface area (Å²) in [5.41, 5.74) is 1.67. The summed E-state index contributed by atoms with van der Waals surface area (Å²) in [6.07, 6.45) is 0.251. The van der Waals surface area contributed by atoms with Crippen LogP contribution in [0.1, 0.15) is 56.8 Å². The molecule has 1 aliphatic carbocycles. The minimum Gasteiger partial charge on any atom is -0.242 e. The van der Waals surface area contributed by atoms with Gasteiger partial charge in [-0.05, 0) is 45.2 Å². The van der Waals surface area contributed by atoms with E-state index in [2.05, 4.69) is 4.72 Å². The minimum absolute atomic E-state index is 0.130. The third-order valence-corrected chi connectivity index (χ3v) is 5.28. The molecule has 2 nitrogen and oxygen atoms in total. The van der Waals surface area contributed by atoms with E-state index in [1.54, 1.807) is 6.07 Å². The summed E-state index contributed by atoms with van der Waals surface area (Å²) < 4.78 is 42.3. The van der Waals surface area contributed by atoms with E-state index in [9.17, 15) is 13.0 Å². The molecule has 2 rings (SSSR count). The zero-order chi connectivity index (χ0) is 15.1. The Kier molecular flexibility index (Phi) is 4.04. The van der Waals surface area contributed by atoms with E-state index in [-0.39, 0.29) is 22.8 Å². The van der Waals surface area contributed by atoms with Crippen LogP contribution in [0.15, 0.2) is 18.2 Å². The van der Waals surface area contributed by atoms with Gasteiger partial charge in [0.05, 0.1) is 15.7 Å². The Morgan fingerprint density at radius 3 is 2.60 bits per heavy atom. The SMILES string of the molecule is C[C@@H](NS(=O)C(C)(C)C)c1cccc2c1CCC2(F)F. The molecule has 2 atom stereocenters. The first kappa shape index (κ1) is 15.6. The van der Waals surface area contributed by atoms with Crippen molar-refractivity contribution in [1.82, 2.24) is 4.72 Å². The van der Waals surface area contributed by atoms with Crippen LogP contribution < -0.4 is 4.72 Å². The maximum Gasteiger partial charge on any atom is 0.273 e. The molecular formula is C15H21F2NOS. The fourth-order valence-electron chi connectivity index (χ4n) is 2.45. The number of alkyl halides is 2. The average Bonchev–Trinajstić information content (AvgIpc) is 2.64. The maximum atomic E-state index is 13.8. The van der Waals surface area contributed by atoms with Crippen LogP contribution in [0.2, 0.25) is 0 Å². The van der Waals surface area contributed by atoms with Gasteiger partial charge < -0.3 is 0 Å². The third-order valence-electron chi connectivity index (χ3n) is 3.60. The van der Waals surface area contributed by atoms with E-state index in [0.29, 0.717) is 12.0 Å². The molecule has 1 aliphatic rings. The van der Waals surface area contributed by atoms with E-state index < -0.39 is 16.9 Å². The Balaban J connectivity index is 2.27. The van der Waals surface area contributed by atoms with Gasteiger partial charge in [0.2, 0.25) is 0 Å². The first-order chi connectivity index (χ1) is 9.13. The van der Waals surface area contributed by atoms with Crippen molar-refractivity contribution in [1.29, 1.82) is 0 Å². The Labute approximate surface area is 121 Å². The van der Waals surface area contributed by atoms with E-state index >= 15 is 0 Å². The van der Waals surface area contributed by atoms with Gasteiger partial charge in [0.1, 0.15) is 0 Å². The number of rotatable bonds is 3. The van der Waals surface area contributed by atoms with Crippen LogP contribution in [0, 0.1) is 0 Å². The van der Waals surface area contributed by atoms with Crippen LogP contribution in [-0.4, -0.2) is 8.96 Å². The van der Waals surface area contributed by atoms with Gasteiger partial charge in [0.25, 0.3) is 5.92 Å². The first-order valence-electron chi connectivity index (χ1n) is 6.81. The molecule has 1 N–H and O–H groups in total. The molecule has 1 aromatic carbocycles. The minimum atomic E-state index is -2.73. The quantitative estimate of drug-likeness (QED) is 0.903. The van der Waals surface area contributed by atoms with Crippen LogP contribution in [0.3, 0.4) is 0 Å². The molecule has 5 heteroatoms. The van der Waals surface area contributed by atoms with Crippen molar-refractivity contribution in [2.24, 2.45) is 0 Å². The molecule has 0 aliphatic heterocycles. The molecule has 0 saturated carbocycles. The molecule has 0 amide bonds. The lowest BCUT2D eigenvalue weighted by molar-refractivity contribution is -0.00184. The van der Waals surface area contributed by atoms with Gasteiger partial charge in [-0.1, -0.05) is 18.2 Å². The molecule has 0 bridgehead atoms. The van der Waals surface area contributed by atoms with Gasteiger partial charge in [-0.25, -0.2) is 17.7 Å². The third kappa shape index (κ3) is 2.93. The lowest BCUT2D eigenvalue weighted by Crippen LogP contribution is -2.35.